The molecule has 106 valence electrons. The molecular formula is C13H17Cl2NO3. The van der Waals surface area contributed by atoms with Gasteiger partial charge in [-0.3, -0.25) is 4.79 Å². The molecule has 1 aromatic rings. The Bertz CT molecular complexity index is 422. The van der Waals surface area contributed by atoms with Crippen molar-refractivity contribution >= 4 is 29.1 Å². The minimum absolute atomic E-state index is 0.0596. The van der Waals surface area contributed by atoms with E-state index in [-0.39, 0.29) is 31.6 Å². The molecule has 2 N–H and O–H groups in total. The molecule has 0 aliphatic carbocycles. The lowest BCUT2D eigenvalue weighted by Crippen LogP contribution is -2.37. The van der Waals surface area contributed by atoms with Crippen LogP contribution in [-0.2, 0) is 4.79 Å². The van der Waals surface area contributed by atoms with Crippen molar-refractivity contribution in [2.24, 2.45) is 0 Å². The van der Waals surface area contributed by atoms with Crippen LogP contribution in [0, 0.1) is 0 Å². The Hall–Kier alpha value is -0.970. The first-order valence-corrected chi connectivity index (χ1v) is 6.80. The molecule has 0 bridgehead atoms. The molecule has 1 amide bonds. The van der Waals surface area contributed by atoms with E-state index in [4.69, 9.17) is 33.0 Å². The van der Waals surface area contributed by atoms with Crippen molar-refractivity contribution in [3.05, 3.63) is 28.2 Å². The van der Waals surface area contributed by atoms with Crippen LogP contribution >= 0.6 is 23.2 Å². The fourth-order valence-electron chi connectivity index (χ4n) is 1.40. The van der Waals surface area contributed by atoms with Gasteiger partial charge in [0.1, 0.15) is 5.75 Å². The normalized spacial score (nSPS) is 12.0. The third-order valence-electron chi connectivity index (χ3n) is 2.57. The van der Waals surface area contributed by atoms with E-state index in [0.717, 1.165) is 0 Å². The molecule has 0 saturated carbocycles. The van der Waals surface area contributed by atoms with Gasteiger partial charge in [0.25, 0.3) is 0 Å². The van der Waals surface area contributed by atoms with Crippen LogP contribution in [0.25, 0.3) is 0 Å². The third-order valence-corrected chi connectivity index (χ3v) is 3.31. The van der Waals surface area contributed by atoms with Crippen LogP contribution in [0.4, 0.5) is 0 Å². The van der Waals surface area contributed by atoms with Crippen LogP contribution in [0.15, 0.2) is 18.2 Å². The Morgan fingerprint density at radius 2 is 2.16 bits per heavy atom. The number of ether oxygens (including phenoxy) is 1. The predicted octanol–water partition coefficient (Wildman–Crippen LogP) is 2.65. The van der Waals surface area contributed by atoms with Crippen molar-refractivity contribution in [1.29, 1.82) is 0 Å². The van der Waals surface area contributed by atoms with E-state index in [1.165, 1.54) is 0 Å². The van der Waals surface area contributed by atoms with Crippen LogP contribution in [0.5, 0.6) is 5.75 Å². The topological polar surface area (TPSA) is 58.6 Å². The molecule has 0 unspecified atom stereocenters. The standard InChI is InChI=1S/C13H17Cl2NO3/c1-2-9(8-17)16-13(18)5-6-19-10-3-4-11(14)12(15)7-10/h3-4,7,9,17H,2,5-6,8H2,1H3,(H,16,18)/t9-/m0/s1. The van der Waals surface area contributed by atoms with E-state index in [9.17, 15) is 4.79 Å². The lowest BCUT2D eigenvalue weighted by atomic mass is 10.2. The largest absolute Gasteiger partial charge is 0.493 e. The summed E-state index contributed by atoms with van der Waals surface area (Å²) in [6.07, 6.45) is 0.909. The Labute approximate surface area is 122 Å². The number of hydrogen-bond donors (Lipinski definition) is 2. The molecule has 1 rings (SSSR count). The molecule has 1 aromatic carbocycles. The molecule has 0 spiro atoms. The van der Waals surface area contributed by atoms with E-state index < -0.39 is 0 Å². The number of halogens is 2. The van der Waals surface area contributed by atoms with Crippen molar-refractivity contribution < 1.29 is 14.6 Å². The molecule has 1 atom stereocenters. The van der Waals surface area contributed by atoms with Crippen LogP contribution in [-0.4, -0.2) is 30.3 Å². The summed E-state index contributed by atoms with van der Waals surface area (Å²) in [5, 5.41) is 12.5. The zero-order valence-corrected chi connectivity index (χ0v) is 12.2. The van der Waals surface area contributed by atoms with E-state index in [1.807, 2.05) is 6.92 Å². The van der Waals surface area contributed by atoms with Gasteiger partial charge in [-0.1, -0.05) is 30.1 Å². The average Bonchev–Trinajstić information content (AvgIpc) is 2.40. The first kappa shape index (κ1) is 16.1. The number of hydrogen-bond acceptors (Lipinski definition) is 3. The molecule has 0 radical (unpaired) electrons. The Balaban J connectivity index is 2.33. The third kappa shape index (κ3) is 5.68. The van der Waals surface area contributed by atoms with Gasteiger partial charge in [0, 0.05) is 6.07 Å². The van der Waals surface area contributed by atoms with Gasteiger partial charge in [0.05, 0.1) is 35.7 Å². The van der Waals surface area contributed by atoms with Gasteiger partial charge in [0.15, 0.2) is 0 Å². The molecular weight excluding hydrogens is 289 g/mol. The summed E-state index contributed by atoms with van der Waals surface area (Å²) in [7, 11) is 0. The minimum atomic E-state index is -0.197. The minimum Gasteiger partial charge on any atom is -0.493 e. The maximum atomic E-state index is 11.5. The van der Waals surface area contributed by atoms with Gasteiger partial charge in [-0.2, -0.15) is 0 Å². The summed E-state index contributed by atoms with van der Waals surface area (Å²) < 4.78 is 5.39. The van der Waals surface area contributed by atoms with E-state index >= 15 is 0 Å². The Morgan fingerprint density at radius 3 is 2.74 bits per heavy atom. The second-order valence-electron chi connectivity index (χ2n) is 4.03. The molecule has 0 aliphatic heterocycles. The van der Waals surface area contributed by atoms with Gasteiger partial charge in [-0.25, -0.2) is 0 Å². The number of benzene rings is 1. The Morgan fingerprint density at radius 1 is 1.42 bits per heavy atom. The van der Waals surface area contributed by atoms with Crippen molar-refractivity contribution in [1.82, 2.24) is 5.32 Å². The van der Waals surface area contributed by atoms with Crippen molar-refractivity contribution in [2.45, 2.75) is 25.8 Å². The second-order valence-corrected chi connectivity index (χ2v) is 4.84. The highest BCUT2D eigenvalue weighted by Crippen LogP contribution is 2.26. The fourth-order valence-corrected chi connectivity index (χ4v) is 1.69. The smallest absolute Gasteiger partial charge is 0.223 e. The molecule has 4 nitrogen and oxygen atoms in total. The predicted molar refractivity (Wildman–Crippen MR) is 75.9 cm³/mol. The highest BCUT2D eigenvalue weighted by Gasteiger charge is 2.09. The number of carbonyl (C=O) groups excluding carboxylic acids is 1. The molecule has 0 aliphatic rings. The monoisotopic (exact) mass is 305 g/mol. The summed E-state index contributed by atoms with van der Waals surface area (Å²) in [5.41, 5.74) is 0. The van der Waals surface area contributed by atoms with Crippen LogP contribution in [0.2, 0.25) is 10.0 Å². The summed E-state index contributed by atoms with van der Waals surface area (Å²) in [6.45, 7) is 2.08. The number of nitrogens with one attached hydrogen (secondary N) is 1. The van der Waals surface area contributed by atoms with Crippen LogP contribution in [0.1, 0.15) is 19.8 Å². The maximum Gasteiger partial charge on any atom is 0.223 e. The zero-order valence-electron chi connectivity index (χ0n) is 10.7. The summed E-state index contributed by atoms with van der Waals surface area (Å²) in [5.74, 6) is 0.414. The van der Waals surface area contributed by atoms with Crippen LogP contribution < -0.4 is 10.1 Å². The highest BCUT2D eigenvalue weighted by atomic mass is 35.5. The first-order chi connectivity index (χ1) is 9.06. The average molecular weight is 306 g/mol. The number of carbonyl (C=O) groups is 1. The van der Waals surface area contributed by atoms with Gasteiger partial charge in [-0.15, -0.1) is 0 Å². The van der Waals surface area contributed by atoms with Crippen molar-refractivity contribution in [3.63, 3.8) is 0 Å². The summed E-state index contributed by atoms with van der Waals surface area (Å²) >= 11 is 11.6. The van der Waals surface area contributed by atoms with Gasteiger partial charge in [0.2, 0.25) is 5.91 Å². The lowest BCUT2D eigenvalue weighted by molar-refractivity contribution is -0.122. The number of aliphatic hydroxyl groups is 1. The van der Waals surface area contributed by atoms with E-state index in [0.29, 0.717) is 22.2 Å². The van der Waals surface area contributed by atoms with Crippen molar-refractivity contribution in [3.8, 4) is 5.75 Å². The summed E-state index contributed by atoms with van der Waals surface area (Å²) in [4.78, 5) is 11.5. The highest BCUT2D eigenvalue weighted by molar-refractivity contribution is 6.42. The fraction of sp³-hybridized carbons (Fsp3) is 0.462. The van der Waals surface area contributed by atoms with E-state index in [2.05, 4.69) is 5.32 Å². The lowest BCUT2D eigenvalue weighted by Gasteiger charge is -2.14. The molecule has 0 aromatic heterocycles. The van der Waals surface area contributed by atoms with Gasteiger partial charge >= 0.3 is 0 Å². The zero-order chi connectivity index (χ0) is 14.3. The van der Waals surface area contributed by atoms with Crippen LogP contribution in [0.3, 0.4) is 0 Å². The molecule has 19 heavy (non-hydrogen) atoms. The first-order valence-electron chi connectivity index (χ1n) is 6.04. The second kappa shape index (κ2) is 8.25. The SMILES string of the molecule is CC[C@@H](CO)NC(=O)CCOc1ccc(Cl)c(Cl)c1. The molecule has 0 fully saturated rings. The van der Waals surface area contributed by atoms with Gasteiger partial charge in [-0.05, 0) is 18.6 Å². The molecule has 0 heterocycles. The summed E-state index contributed by atoms with van der Waals surface area (Å²) in [6, 6.07) is 4.73. The van der Waals surface area contributed by atoms with E-state index in [1.54, 1.807) is 18.2 Å². The number of aliphatic hydroxyl groups excluding tert-OH is 1. The number of amides is 1. The molecule has 0 saturated heterocycles. The maximum absolute atomic E-state index is 11.5. The van der Waals surface area contributed by atoms with Gasteiger partial charge < -0.3 is 15.2 Å². The Kier molecular flexibility index (Phi) is 6.99. The quantitative estimate of drug-likeness (QED) is 0.814. The van der Waals surface area contributed by atoms with Crippen molar-refractivity contribution in [2.75, 3.05) is 13.2 Å². The number of rotatable bonds is 7. The molecule has 6 heteroatoms.